The van der Waals surface area contributed by atoms with Gasteiger partial charge in [0.25, 0.3) is 0 Å². The SMILES string of the molecule is Cn1ncc(Br)c1C(O)C1CCC1. The molecule has 0 bridgehead atoms. The molecule has 1 unspecified atom stereocenters. The quantitative estimate of drug-likeness (QED) is 0.865. The molecule has 1 aromatic heterocycles. The third kappa shape index (κ3) is 1.53. The van der Waals surface area contributed by atoms with Crippen LogP contribution in [0, 0.1) is 5.92 Å². The highest BCUT2D eigenvalue weighted by molar-refractivity contribution is 9.10. The Hall–Kier alpha value is -0.350. The summed E-state index contributed by atoms with van der Waals surface area (Å²) < 4.78 is 2.65. The zero-order chi connectivity index (χ0) is 9.42. The Morgan fingerprint density at radius 3 is 2.77 bits per heavy atom. The molecule has 1 aromatic rings. The number of aryl methyl sites for hydroxylation is 1. The summed E-state index contributed by atoms with van der Waals surface area (Å²) >= 11 is 3.40. The van der Waals surface area contributed by atoms with Gasteiger partial charge in [-0.05, 0) is 34.7 Å². The second kappa shape index (κ2) is 3.42. The predicted octanol–water partition coefficient (Wildman–Crippen LogP) is 2.02. The Bertz CT molecular complexity index is 287. The summed E-state index contributed by atoms with van der Waals surface area (Å²) in [5.74, 6) is 0.437. The van der Waals surface area contributed by atoms with Crippen LogP contribution in [0.4, 0.5) is 0 Å². The van der Waals surface area contributed by atoms with Gasteiger partial charge in [0, 0.05) is 7.05 Å². The Morgan fingerprint density at radius 1 is 1.69 bits per heavy atom. The highest BCUT2D eigenvalue weighted by atomic mass is 79.9. The minimum Gasteiger partial charge on any atom is -0.386 e. The maximum absolute atomic E-state index is 10.0. The van der Waals surface area contributed by atoms with Gasteiger partial charge in [0.1, 0.15) is 0 Å². The number of halogens is 1. The summed E-state index contributed by atoms with van der Waals surface area (Å²) in [6, 6.07) is 0. The summed E-state index contributed by atoms with van der Waals surface area (Å²) in [6.45, 7) is 0. The first-order chi connectivity index (χ1) is 6.20. The summed E-state index contributed by atoms with van der Waals surface area (Å²) in [6.07, 6.45) is 4.90. The second-order valence-electron chi connectivity index (χ2n) is 3.64. The van der Waals surface area contributed by atoms with Gasteiger partial charge in [-0.15, -0.1) is 0 Å². The van der Waals surface area contributed by atoms with Crippen LogP contribution in [0.2, 0.25) is 0 Å². The van der Waals surface area contributed by atoms with E-state index in [2.05, 4.69) is 21.0 Å². The van der Waals surface area contributed by atoms with Gasteiger partial charge in [-0.25, -0.2) is 0 Å². The Kier molecular flexibility index (Phi) is 2.43. The van der Waals surface area contributed by atoms with Gasteiger partial charge in [-0.2, -0.15) is 5.10 Å². The van der Waals surface area contributed by atoms with Gasteiger partial charge in [0.05, 0.1) is 22.5 Å². The van der Waals surface area contributed by atoms with Crippen molar-refractivity contribution in [1.29, 1.82) is 0 Å². The summed E-state index contributed by atoms with van der Waals surface area (Å²) in [5.41, 5.74) is 0.907. The van der Waals surface area contributed by atoms with E-state index < -0.39 is 0 Å². The maximum Gasteiger partial charge on any atom is 0.0996 e. The van der Waals surface area contributed by atoms with Gasteiger partial charge in [-0.1, -0.05) is 6.42 Å². The molecule has 1 fully saturated rings. The zero-order valence-electron chi connectivity index (χ0n) is 7.57. The lowest BCUT2D eigenvalue weighted by Gasteiger charge is -2.30. The van der Waals surface area contributed by atoms with Crippen LogP contribution in [0.15, 0.2) is 10.7 Å². The third-order valence-corrected chi connectivity index (χ3v) is 3.43. The average Bonchev–Trinajstić information content (AvgIpc) is 2.27. The molecular weight excluding hydrogens is 232 g/mol. The monoisotopic (exact) mass is 244 g/mol. The molecule has 0 aromatic carbocycles. The first kappa shape index (κ1) is 9.21. The van der Waals surface area contributed by atoms with Crippen LogP contribution in [0.5, 0.6) is 0 Å². The lowest BCUT2D eigenvalue weighted by Crippen LogP contribution is -2.22. The van der Waals surface area contributed by atoms with Crippen molar-refractivity contribution >= 4 is 15.9 Å². The van der Waals surface area contributed by atoms with Crippen molar-refractivity contribution in [2.45, 2.75) is 25.4 Å². The molecular formula is C9H13BrN2O. The van der Waals surface area contributed by atoms with Crippen molar-refractivity contribution in [3.05, 3.63) is 16.4 Å². The minimum absolute atomic E-state index is 0.351. The van der Waals surface area contributed by atoms with E-state index in [9.17, 15) is 5.11 Å². The van der Waals surface area contributed by atoms with Gasteiger partial charge in [0.15, 0.2) is 0 Å². The number of aliphatic hydroxyl groups is 1. The molecule has 1 aliphatic carbocycles. The Balaban J connectivity index is 2.22. The number of nitrogens with zero attached hydrogens (tertiary/aromatic N) is 2. The normalized spacial score (nSPS) is 19.9. The molecule has 1 aliphatic rings. The standard InChI is InChI=1S/C9H13BrN2O/c1-12-8(7(10)5-11-12)9(13)6-3-2-4-6/h5-6,9,13H,2-4H2,1H3. The van der Waals surface area contributed by atoms with Gasteiger partial charge >= 0.3 is 0 Å². The van der Waals surface area contributed by atoms with Crippen molar-refractivity contribution in [2.24, 2.45) is 13.0 Å². The van der Waals surface area contributed by atoms with Crippen LogP contribution in [-0.4, -0.2) is 14.9 Å². The van der Waals surface area contributed by atoms with E-state index in [4.69, 9.17) is 0 Å². The molecule has 0 aliphatic heterocycles. The fourth-order valence-corrected chi connectivity index (χ4v) is 2.31. The van der Waals surface area contributed by atoms with Crippen LogP contribution in [0.3, 0.4) is 0 Å². The first-order valence-electron chi connectivity index (χ1n) is 4.55. The second-order valence-corrected chi connectivity index (χ2v) is 4.49. The van der Waals surface area contributed by atoms with Crippen molar-refractivity contribution in [3.8, 4) is 0 Å². The molecule has 1 heterocycles. The number of aromatic nitrogens is 2. The van der Waals surface area contributed by atoms with Crippen LogP contribution >= 0.6 is 15.9 Å². The van der Waals surface area contributed by atoms with E-state index in [0.717, 1.165) is 23.0 Å². The van der Waals surface area contributed by atoms with Crippen molar-refractivity contribution in [1.82, 2.24) is 9.78 Å². The Labute approximate surface area is 85.9 Å². The van der Waals surface area contributed by atoms with Crippen LogP contribution in [-0.2, 0) is 7.05 Å². The lowest BCUT2D eigenvalue weighted by atomic mass is 9.80. The molecule has 0 saturated heterocycles. The first-order valence-corrected chi connectivity index (χ1v) is 5.35. The summed E-state index contributed by atoms with van der Waals surface area (Å²) in [7, 11) is 1.86. The van der Waals surface area contributed by atoms with E-state index in [0.29, 0.717) is 5.92 Å². The molecule has 72 valence electrons. The molecule has 3 nitrogen and oxygen atoms in total. The van der Waals surface area contributed by atoms with Crippen molar-refractivity contribution < 1.29 is 5.11 Å². The van der Waals surface area contributed by atoms with Gasteiger partial charge in [0.2, 0.25) is 0 Å². The molecule has 4 heteroatoms. The smallest absolute Gasteiger partial charge is 0.0996 e. The molecule has 1 atom stereocenters. The molecule has 1 saturated carbocycles. The molecule has 13 heavy (non-hydrogen) atoms. The van der Waals surface area contributed by atoms with E-state index in [1.807, 2.05) is 7.05 Å². The number of hydrogen-bond donors (Lipinski definition) is 1. The highest BCUT2D eigenvalue weighted by Crippen LogP contribution is 2.39. The number of hydrogen-bond acceptors (Lipinski definition) is 2. The number of rotatable bonds is 2. The van der Waals surface area contributed by atoms with Crippen molar-refractivity contribution in [3.63, 3.8) is 0 Å². The predicted molar refractivity (Wildman–Crippen MR) is 53.2 cm³/mol. The zero-order valence-corrected chi connectivity index (χ0v) is 9.16. The average molecular weight is 245 g/mol. The fraction of sp³-hybridized carbons (Fsp3) is 0.667. The van der Waals surface area contributed by atoms with Crippen LogP contribution in [0.25, 0.3) is 0 Å². The minimum atomic E-state index is -0.351. The number of aliphatic hydroxyl groups excluding tert-OH is 1. The third-order valence-electron chi connectivity index (χ3n) is 2.81. The largest absolute Gasteiger partial charge is 0.386 e. The molecule has 0 spiro atoms. The Morgan fingerprint density at radius 2 is 2.38 bits per heavy atom. The highest BCUT2D eigenvalue weighted by Gasteiger charge is 2.29. The summed E-state index contributed by atoms with van der Waals surface area (Å²) in [5, 5.41) is 14.1. The van der Waals surface area contributed by atoms with E-state index in [1.54, 1.807) is 10.9 Å². The van der Waals surface area contributed by atoms with Crippen molar-refractivity contribution in [2.75, 3.05) is 0 Å². The lowest BCUT2D eigenvalue weighted by molar-refractivity contribution is 0.0550. The van der Waals surface area contributed by atoms with E-state index >= 15 is 0 Å². The maximum atomic E-state index is 10.0. The molecule has 2 rings (SSSR count). The summed E-state index contributed by atoms with van der Waals surface area (Å²) in [4.78, 5) is 0. The molecule has 0 amide bonds. The fourth-order valence-electron chi connectivity index (χ4n) is 1.73. The van der Waals surface area contributed by atoms with E-state index in [-0.39, 0.29) is 6.10 Å². The topological polar surface area (TPSA) is 38.0 Å². The van der Waals surface area contributed by atoms with Gasteiger partial charge < -0.3 is 5.11 Å². The molecule has 0 radical (unpaired) electrons. The van der Waals surface area contributed by atoms with Crippen LogP contribution < -0.4 is 0 Å². The van der Waals surface area contributed by atoms with E-state index in [1.165, 1.54) is 6.42 Å². The van der Waals surface area contributed by atoms with Gasteiger partial charge in [-0.3, -0.25) is 4.68 Å². The molecule has 1 N–H and O–H groups in total. The van der Waals surface area contributed by atoms with Crippen LogP contribution in [0.1, 0.15) is 31.1 Å².